The normalized spacial score (nSPS) is 18.8. The van der Waals surface area contributed by atoms with Crippen LogP contribution in [0.15, 0.2) is 18.2 Å². The molecule has 0 aromatic heterocycles. The van der Waals surface area contributed by atoms with Crippen LogP contribution >= 0.6 is 23.2 Å². The number of aliphatic hydroxyl groups is 1. The number of morpholine rings is 1. The van der Waals surface area contributed by atoms with Crippen LogP contribution in [-0.4, -0.2) is 43.0 Å². The molecule has 4 nitrogen and oxygen atoms in total. The van der Waals surface area contributed by atoms with E-state index in [0.29, 0.717) is 35.4 Å². The van der Waals surface area contributed by atoms with Crippen molar-refractivity contribution in [3.8, 4) is 0 Å². The van der Waals surface area contributed by atoms with Gasteiger partial charge in [0, 0.05) is 35.2 Å². The molecular formula is C12H16Cl2N2O2. The van der Waals surface area contributed by atoms with E-state index >= 15 is 0 Å². The third-order valence-corrected chi connectivity index (χ3v) is 3.42. The Bertz CT molecular complexity index is 398. The fraction of sp³-hybridized carbons (Fsp3) is 0.500. The Morgan fingerprint density at radius 1 is 1.33 bits per heavy atom. The van der Waals surface area contributed by atoms with Crippen molar-refractivity contribution in [2.24, 2.45) is 0 Å². The first-order valence-electron chi connectivity index (χ1n) is 5.86. The van der Waals surface area contributed by atoms with Crippen molar-refractivity contribution in [2.75, 3.05) is 32.8 Å². The minimum atomic E-state index is -0.681. The summed E-state index contributed by atoms with van der Waals surface area (Å²) < 4.78 is 5.24. The van der Waals surface area contributed by atoms with Gasteiger partial charge in [0.05, 0.1) is 19.3 Å². The molecule has 0 amide bonds. The van der Waals surface area contributed by atoms with Crippen molar-refractivity contribution in [3.63, 3.8) is 0 Å². The van der Waals surface area contributed by atoms with Crippen LogP contribution in [0.4, 0.5) is 0 Å². The average molecular weight is 291 g/mol. The highest BCUT2D eigenvalue weighted by atomic mass is 35.5. The summed E-state index contributed by atoms with van der Waals surface area (Å²) in [6, 6.07) is 5.09. The molecular weight excluding hydrogens is 275 g/mol. The van der Waals surface area contributed by atoms with Gasteiger partial charge in [-0.1, -0.05) is 23.2 Å². The van der Waals surface area contributed by atoms with Gasteiger partial charge in [-0.05, 0) is 18.2 Å². The minimum absolute atomic E-state index is 0.403. The van der Waals surface area contributed by atoms with Crippen molar-refractivity contribution >= 4 is 23.2 Å². The summed E-state index contributed by atoms with van der Waals surface area (Å²) in [6.07, 6.45) is -0.681. The molecule has 1 atom stereocenters. The van der Waals surface area contributed by atoms with E-state index in [1.807, 2.05) is 5.01 Å². The Balaban J connectivity index is 1.90. The SMILES string of the molecule is OC(CNN1CCOCC1)c1cc(Cl)ccc1Cl. The number of benzene rings is 1. The van der Waals surface area contributed by atoms with Crippen LogP contribution in [0.5, 0.6) is 0 Å². The molecule has 0 radical (unpaired) electrons. The van der Waals surface area contributed by atoms with Crippen LogP contribution in [0.2, 0.25) is 10.0 Å². The molecule has 0 aliphatic carbocycles. The topological polar surface area (TPSA) is 44.7 Å². The van der Waals surface area contributed by atoms with Gasteiger partial charge in [0.1, 0.15) is 0 Å². The molecule has 1 fully saturated rings. The van der Waals surface area contributed by atoms with Crippen LogP contribution in [0, 0.1) is 0 Å². The zero-order valence-corrected chi connectivity index (χ0v) is 11.4. The van der Waals surface area contributed by atoms with Crippen molar-refractivity contribution < 1.29 is 9.84 Å². The lowest BCUT2D eigenvalue weighted by atomic mass is 10.1. The highest BCUT2D eigenvalue weighted by Gasteiger charge is 2.15. The molecule has 6 heteroatoms. The summed E-state index contributed by atoms with van der Waals surface area (Å²) in [7, 11) is 0. The van der Waals surface area contributed by atoms with Crippen LogP contribution < -0.4 is 5.43 Å². The molecule has 1 aliphatic rings. The summed E-state index contributed by atoms with van der Waals surface area (Å²) in [5.41, 5.74) is 3.81. The second kappa shape index (κ2) is 6.70. The molecule has 1 unspecified atom stereocenters. The number of rotatable bonds is 4. The molecule has 0 spiro atoms. The lowest BCUT2D eigenvalue weighted by Gasteiger charge is -2.28. The lowest BCUT2D eigenvalue weighted by Crippen LogP contribution is -2.47. The molecule has 1 heterocycles. The fourth-order valence-corrected chi connectivity index (χ4v) is 2.24. The van der Waals surface area contributed by atoms with Gasteiger partial charge in [-0.2, -0.15) is 0 Å². The number of hydrazine groups is 1. The van der Waals surface area contributed by atoms with Gasteiger partial charge in [-0.3, -0.25) is 5.43 Å². The second-order valence-corrected chi connectivity index (χ2v) is 4.99. The highest BCUT2D eigenvalue weighted by molar-refractivity contribution is 6.33. The van der Waals surface area contributed by atoms with E-state index in [1.165, 1.54) is 0 Å². The zero-order valence-electron chi connectivity index (χ0n) is 9.90. The molecule has 100 valence electrons. The Hall–Kier alpha value is -0.360. The Morgan fingerprint density at radius 2 is 2.06 bits per heavy atom. The van der Waals surface area contributed by atoms with Crippen molar-refractivity contribution in [1.29, 1.82) is 0 Å². The van der Waals surface area contributed by atoms with Gasteiger partial charge < -0.3 is 9.84 Å². The zero-order chi connectivity index (χ0) is 13.0. The first kappa shape index (κ1) is 14.1. The number of aliphatic hydroxyl groups excluding tert-OH is 1. The molecule has 2 N–H and O–H groups in total. The Morgan fingerprint density at radius 3 is 2.78 bits per heavy atom. The number of ether oxygens (including phenoxy) is 1. The summed E-state index contributed by atoms with van der Waals surface area (Å²) in [6.45, 7) is 3.45. The molecule has 0 saturated carbocycles. The predicted molar refractivity (Wildman–Crippen MR) is 71.8 cm³/mol. The van der Waals surface area contributed by atoms with Crippen molar-refractivity contribution in [1.82, 2.24) is 10.4 Å². The molecule has 1 saturated heterocycles. The third kappa shape index (κ3) is 3.82. The standard InChI is InChI=1S/C12H16Cl2N2O2/c13-9-1-2-11(14)10(7-9)12(17)8-15-16-3-5-18-6-4-16/h1-2,7,12,15,17H,3-6,8H2. The van der Waals surface area contributed by atoms with Crippen LogP contribution in [0.1, 0.15) is 11.7 Å². The number of halogens is 2. The number of nitrogens with zero attached hydrogens (tertiary/aromatic N) is 1. The first-order chi connectivity index (χ1) is 8.66. The maximum Gasteiger partial charge on any atom is 0.0943 e. The number of hydrogen-bond donors (Lipinski definition) is 2. The summed E-state index contributed by atoms with van der Waals surface area (Å²) in [5, 5.41) is 13.2. The highest BCUT2D eigenvalue weighted by Crippen LogP contribution is 2.26. The van der Waals surface area contributed by atoms with Gasteiger partial charge in [0.2, 0.25) is 0 Å². The smallest absolute Gasteiger partial charge is 0.0943 e. The van der Waals surface area contributed by atoms with E-state index in [0.717, 1.165) is 13.1 Å². The van der Waals surface area contributed by atoms with Gasteiger partial charge in [0.15, 0.2) is 0 Å². The van der Waals surface area contributed by atoms with Crippen LogP contribution in [0.25, 0.3) is 0 Å². The largest absolute Gasteiger partial charge is 0.387 e. The van der Waals surface area contributed by atoms with Gasteiger partial charge in [-0.25, -0.2) is 5.01 Å². The molecule has 1 aliphatic heterocycles. The maximum atomic E-state index is 10.1. The lowest BCUT2D eigenvalue weighted by molar-refractivity contribution is 0.00313. The van der Waals surface area contributed by atoms with E-state index in [9.17, 15) is 5.11 Å². The average Bonchev–Trinajstić information content (AvgIpc) is 2.40. The Labute approximate surface area is 116 Å². The molecule has 1 aromatic carbocycles. The van der Waals surface area contributed by atoms with E-state index in [4.69, 9.17) is 27.9 Å². The Kier molecular flexibility index (Phi) is 5.24. The van der Waals surface area contributed by atoms with Crippen LogP contribution in [0.3, 0.4) is 0 Å². The third-order valence-electron chi connectivity index (χ3n) is 2.84. The number of nitrogens with one attached hydrogen (secondary N) is 1. The maximum absolute atomic E-state index is 10.1. The van der Waals surface area contributed by atoms with E-state index < -0.39 is 6.10 Å². The molecule has 1 aromatic rings. The molecule has 0 bridgehead atoms. The van der Waals surface area contributed by atoms with E-state index in [1.54, 1.807) is 18.2 Å². The van der Waals surface area contributed by atoms with E-state index in [2.05, 4.69) is 5.43 Å². The molecule has 18 heavy (non-hydrogen) atoms. The monoisotopic (exact) mass is 290 g/mol. The van der Waals surface area contributed by atoms with Crippen molar-refractivity contribution in [2.45, 2.75) is 6.10 Å². The summed E-state index contributed by atoms with van der Waals surface area (Å²) in [5.74, 6) is 0. The van der Waals surface area contributed by atoms with E-state index in [-0.39, 0.29) is 0 Å². The summed E-state index contributed by atoms with van der Waals surface area (Å²) >= 11 is 11.9. The predicted octanol–water partition coefficient (Wildman–Crippen LogP) is 1.86. The van der Waals surface area contributed by atoms with Gasteiger partial charge >= 0.3 is 0 Å². The fourth-order valence-electron chi connectivity index (χ4n) is 1.82. The van der Waals surface area contributed by atoms with Crippen molar-refractivity contribution in [3.05, 3.63) is 33.8 Å². The van der Waals surface area contributed by atoms with Gasteiger partial charge in [0.25, 0.3) is 0 Å². The van der Waals surface area contributed by atoms with Crippen LogP contribution in [-0.2, 0) is 4.74 Å². The second-order valence-electron chi connectivity index (χ2n) is 4.14. The molecule has 2 rings (SSSR count). The van der Waals surface area contributed by atoms with Gasteiger partial charge in [-0.15, -0.1) is 0 Å². The summed E-state index contributed by atoms with van der Waals surface area (Å²) in [4.78, 5) is 0. The number of hydrogen-bond acceptors (Lipinski definition) is 4. The first-order valence-corrected chi connectivity index (χ1v) is 6.61. The quantitative estimate of drug-likeness (QED) is 0.889. The minimum Gasteiger partial charge on any atom is -0.387 e.